The van der Waals surface area contributed by atoms with Crippen molar-refractivity contribution in [1.82, 2.24) is 0 Å². The van der Waals surface area contributed by atoms with E-state index < -0.39 is 27.5 Å². The summed E-state index contributed by atoms with van der Waals surface area (Å²) in [5.74, 6) is -1.04. The minimum absolute atomic E-state index is 0.234. The second kappa shape index (κ2) is 3.68. The van der Waals surface area contributed by atoms with Gasteiger partial charge in [-0.1, -0.05) is 34.8 Å². The molecule has 1 aromatic rings. The van der Waals surface area contributed by atoms with E-state index in [4.69, 9.17) is 39.9 Å². The van der Waals surface area contributed by atoms with Crippen molar-refractivity contribution in [3.63, 3.8) is 0 Å². The first-order valence-corrected chi connectivity index (χ1v) is 4.32. The maximum atomic E-state index is 12.3. The van der Waals surface area contributed by atoms with E-state index in [2.05, 4.69) is 0 Å². The van der Waals surface area contributed by atoms with Gasteiger partial charge in [0.1, 0.15) is 11.3 Å². The van der Waals surface area contributed by atoms with Gasteiger partial charge in [0.2, 0.25) is 0 Å². The molecule has 0 aliphatic rings. The summed E-state index contributed by atoms with van der Waals surface area (Å²) in [6.07, 6.45) is -4.77. The van der Waals surface area contributed by atoms with Crippen LogP contribution in [0.5, 0.6) is 5.75 Å². The molecule has 1 nitrogen and oxygen atoms in total. The van der Waals surface area contributed by atoms with Crippen LogP contribution in [0.25, 0.3) is 0 Å². The summed E-state index contributed by atoms with van der Waals surface area (Å²) in [5.41, 5.74) is -1.38. The fourth-order valence-corrected chi connectivity index (χ4v) is 1.55. The van der Waals surface area contributed by atoms with Crippen LogP contribution in [0.3, 0.4) is 0 Å². The minimum atomic E-state index is -4.77. The number of rotatable bonds is 0. The van der Waals surface area contributed by atoms with Crippen molar-refractivity contribution in [2.45, 2.75) is 6.18 Å². The normalized spacial score (nSPS) is 11.9. The van der Waals surface area contributed by atoms with Crippen LogP contribution in [0.15, 0.2) is 6.07 Å². The highest BCUT2D eigenvalue weighted by Gasteiger charge is 2.38. The Balaban J connectivity index is 3.53. The molecule has 0 spiro atoms. The second-order valence-electron chi connectivity index (χ2n) is 2.38. The molecule has 0 bridgehead atoms. The van der Waals surface area contributed by atoms with Gasteiger partial charge in [0, 0.05) is 6.07 Å². The van der Waals surface area contributed by atoms with Gasteiger partial charge in [0.25, 0.3) is 0 Å². The lowest BCUT2D eigenvalue weighted by Gasteiger charge is -2.12. The van der Waals surface area contributed by atoms with Crippen molar-refractivity contribution in [2.24, 2.45) is 0 Å². The zero-order valence-electron chi connectivity index (χ0n) is 6.29. The Morgan fingerprint density at radius 1 is 1.07 bits per heavy atom. The monoisotopic (exact) mass is 264 g/mol. The van der Waals surface area contributed by atoms with Gasteiger partial charge in [-0.15, -0.1) is 0 Å². The first-order chi connectivity index (χ1) is 6.25. The molecule has 14 heavy (non-hydrogen) atoms. The lowest BCUT2D eigenvalue weighted by Crippen LogP contribution is -2.06. The number of alkyl halides is 3. The molecule has 1 rings (SSSR count). The summed E-state index contributed by atoms with van der Waals surface area (Å²) in [7, 11) is 0. The van der Waals surface area contributed by atoms with E-state index in [1.54, 1.807) is 0 Å². The number of phenolic OH excluding ortho intramolecular Hbond substituents is 1. The molecule has 0 fully saturated rings. The van der Waals surface area contributed by atoms with Crippen LogP contribution in [0, 0.1) is 0 Å². The van der Waals surface area contributed by atoms with Gasteiger partial charge in [-0.3, -0.25) is 0 Å². The molecule has 0 aromatic heterocycles. The smallest absolute Gasteiger partial charge is 0.421 e. The van der Waals surface area contributed by atoms with Crippen LogP contribution in [0.1, 0.15) is 5.56 Å². The van der Waals surface area contributed by atoms with Gasteiger partial charge in [-0.25, -0.2) is 0 Å². The number of hydrogen-bond donors (Lipinski definition) is 1. The average Bonchev–Trinajstić information content (AvgIpc) is 1.97. The average molecular weight is 265 g/mol. The van der Waals surface area contributed by atoms with Gasteiger partial charge in [0.15, 0.2) is 0 Å². The van der Waals surface area contributed by atoms with Crippen LogP contribution in [-0.4, -0.2) is 5.11 Å². The molecule has 0 aliphatic heterocycles. The van der Waals surface area contributed by atoms with Crippen molar-refractivity contribution in [2.75, 3.05) is 0 Å². The van der Waals surface area contributed by atoms with Gasteiger partial charge in [-0.05, 0) is 0 Å². The largest absolute Gasteiger partial charge is 0.507 e. The number of hydrogen-bond acceptors (Lipinski definition) is 1. The molecule has 0 atom stereocenters. The van der Waals surface area contributed by atoms with Gasteiger partial charge in [-0.2, -0.15) is 13.2 Å². The van der Waals surface area contributed by atoms with Crippen molar-refractivity contribution in [3.8, 4) is 5.75 Å². The van der Waals surface area contributed by atoms with E-state index in [-0.39, 0.29) is 5.02 Å². The topological polar surface area (TPSA) is 20.2 Å². The summed E-state index contributed by atoms with van der Waals surface area (Å²) in [5, 5.41) is 7.52. The summed E-state index contributed by atoms with van der Waals surface area (Å²) in [6.45, 7) is 0. The predicted octanol–water partition coefficient (Wildman–Crippen LogP) is 4.37. The Hall–Kier alpha value is -0.320. The molecule has 0 unspecified atom stereocenters. The van der Waals surface area contributed by atoms with E-state index in [0.717, 1.165) is 0 Å². The maximum absolute atomic E-state index is 12.3. The highest BCUT2D eigenvalue weighted by molar-refractivity contribution is 6.48. The quantitative estimate of drug-likeness (QED) is 0.691. The molecule has 0 aliphatic carbocycles. The summed E-state index contributed by atoms with van der Waals surface area (Å²) >= 11 is 16.1. The Kier molecular flexibility index (Phi) is 3.09. The van der Waals surface area contributed by atoms with Crippen LogP contribution >= 0.6 is 34.8 Å². The molecule has 0 saturated heterocycles. The lowest BCUT2D eigenvalue weighted by atomic mass is 10.2. The molecule has 0 amide bonds. The van der Waals surface area contributed by atoms with E-state index in [0.29, 0.717) is 6.07 Å². The number of halogens is 6. The Morgan fingerprint density at radius 3 is 2.00 bits per heavy atom. The third kappa shape index (κ3) is 2.02. The highest BCUT2D eigenvalue weighted by Crippen LogP contribution is 2.46. The highest BCUT2D eigenvalue weighted by atomic mass is 35.5. The Labute approximate surface area is 92.0 Å². The Morgan fingerprint density at radius 2 is 1.57 bits per heavy atom. The maximum Gasteiger partial charge on any atom is 0.421 e. The lowest BCUT2D eigenvalue weighted by molar-refractivity contribution is -0.138. The summed E-state index contributed by atoms with van der Waals surface area (Å²) in [6, 6.07) is 0.693. The third-order valence-electron chi connectivity index (χ3n) is 1.42. The van der Waals surface area contributed by atoms with Gasteiger partial charge < -0.3 is 5.11 Å². The molecule has 0 saturated carbocycles. The van der Waals surface area contributed by atoms with Gasteiger partial charge in [0.05, 0.1) is 15.1 Å². The van der Waals surface area contributed by atoms with E-state index in [1.807, 2.05) is 0 Å². The standard InChI is InChI=1S/C7H2Cl3F3O/c8-2-1-3(14)4(7(11,12)13)6(10)5(2)9/h1,14H. The van der Waals surface area contributed by atoms with Crippen molar-refractivity contribution in [3.05, 3.63) is 26.7 Å². The number of benzene rings is 1. The summed E-state index contributed by atoms with van der Waals surface area (Å²) < 4.78 is 36.8. The van der Waals surface area contributed by atoms with E-state index in [9.17, 15) is 13.2 Å². The molecule has 1 aromatic carbocycles. The predicted molar refractivity (Wildman–Crippen MR) is 48.1 cm³/mol. The first kappa shape index (κ1) is 11.8. The summed E-state index contributed by atoms with van der Waals surface area (Å²) in [4.78, 5) is 0. The number of phenols is 1. The fraction of sp³-hybridized carbons (Fsp3) is 0.143. The fourth-order valence-electron chi connectivity index (χ4n) is 0.852. The van der Waals surface area contributed by atoms with Crippen LogP contribution < -0.4 is 0 Å². The molecule has 0 heterocycles. The zero-order valence-corrected chi connectivity index (χ0v) is 8.56. The Bertz CT molecular complexity index is 375. The van der Waals surface area contributed by atoms with Crippen molar-refractivity contribution < 1.29 is 18.3 Å². The second-order valence-corrected chi connectivity index (χ2v) is 3.54. The molecular weight excluding hydrogens is 263 g/mol. The molecule has 78 valence electrons. The first-order valence-electron chi connectivity index (χ1n) is 3.18. The molecular formula is C7H2Cl3F3O. The van der Waals surface area contributed by atoms with Crippen molar-refractivity contribution >= 4 is 34.8 Å². The SMILES string of the molecule is Oc1cc(Cl)c(Cl)c(Cl)c1C(F)(F)F. The number of aromatic hydroxyl groups is 1. The van der Waals surface area contributed by atoms with E-state index >= 15 is 0 Å². The van der Waals surface area contributed by atoms with Crippen molar-refractivity contribution in [1.29, 1.82) is 0 Å². The van der Waals surface area contributed by atoms with Crippen LogP contribution in [0.2, 0.25) is 15.1 Å². The minimum Gasteiger partial charge on any atom is -0.507 e. The third-order valence-corrected chi connectivity index (χ3v) is 2.69. The molecule has 1 N–H and O–H groups in total. The van der Waals surface area contributed by atoms with Gasteiger partial charge >= 0.3 is 6.18 Å². The molecule has 0 radical (unpaired) electrons. The van der Waals surface area contributed by atoms with E-state index in [1.165, 1.54) is 0 Å². The van der Waals surface area contributed by atoms with Crippen LogP contribution in [0.4, 0.5) is 13.2 Å². The zero-order chi connectivity index (χ0) is 11.1. The van der Waals surface area contributed by atoms with Crippen LogP contribution in [-0.2, 0) is 6.18 Å². The molecule has 7 heteroatoms.